The first-order valence-electron chi connectivity index (χ1n) is 6.95. The lowest BCUT2D eigenvalue weighted by molar-refractivity contribution is 0.580. The molecule has 20 heavy (non-hydrogen) atoms. The Kier molecular flexibility index (Phi) is 5.68. The summed E-state index contributed by atoms with van der Waals surface area (Å²) in [5.74, 6) is 1.18. The van der Waals surface area contributed by atoms with E-state index in [1.165, 1.54) is 22.3 Å². The van der Waals surface area contributed by atoms with Crippen LogP contribution in [0.5, 0.6) is 0 Å². The van der Waals surface area contributed by atoms with E-state index in [1.807, 2.05) is 0 Å². The summed E-state index contributed by atoms with van der Waals surface area (Å²) in [6.07, 6.45) is 2.09. The molecule has 0 aliphatic carbocycles. The van der Waals surface area contributed by atoms with Gasteiger partial charge in [0, 0.05) is 10.4 Å². The molecule has 0 amide bonds. The lowest BCUT2D eigenvalue weighted by Crippen LogP contribution is -2.12. The first kappa shape index (κ1) is 15.6. The summed E-state index contributed by atoms with van der Waals surface area (Å²) in [5.41, 5.74) is 5.55. The summed E-state index contributed by atoms with van der Waals surface area (Å²) in [5, 5.41) is 0. The molecule has 0 saturated heterocycles. The van der Waals surface area contributed by atoms with Crippen LogP contribution >= 0.6 is 27.5 Å². The van der Waals surface area contributed by atoms with E-state index < -0.39 is 0 Å². The second-order valence-corrected chi connectivity index (χ2v) is 6.65. The van der Waals surface area contributed by atoms with Crippen molar-refractivity contribution in [2.75, 3.05) is 5.88 Å². The van der Waals surface area contributed by atoms with E-state index in [1.54, 1.807) is 0 Å². The van der Waals surface area contributed by atoms with Gasteiger partial charge in [-0.25, -0.2) is 0 Å². The van der Waals surface area contributed by atoms with Crippen LogP contribution in [0.25, 0.3) is 0 Å². The normalized spacial score (nSPS) is 12.4. The monoisotopic (exact) mass is 350 g/mol. The maximum absolute atomic E-state index is 6.19. The minimum Gasteiger partial charge on any atom is -0.126 e. The van der Waals surface area contributed by atoms with Crippen molar-refractivity contribution in [1.29, 1.82) is 0 Å². The van der Waals surface area contributed by atoms with Gasteiger partial charge >= 0.3 is 0 Å². The van der Waals surface area contributed by atoms with Gasteiger partial charge in [0.2, 0.25) is 0 Å². The highest BCUT2D eigenvalue weighted by Gasteiger charge is 2.12. The molecular weight excluding hydrogens is 332 g/mol. The van der Waals surface area contributed by atoms with E-state index >= 15 is 0 Å². The molecule has 0 fully saturated rings. The molecule has 106 valence electrons. The van der Waals surface area contributed by atoms with Gasteiger partial charge in [-0.1, -0.05) is 46.3 Å². The molecule has 2 rings (SSSR count). The molecule has 0 aliphatic heterocycles. The van der Waals surface area contributed by atoms with Crippen LogP contribution in [0.3, 0.4) is 0 Å². The summed E-state index contributed by atoms with van der Waals surface area (Å²) in [7, 11) is 0. The predicted molar refractivity (Wildman–Crippen MR) is 91.7 cm³/mol. The average Bonchev–Trinajstić information content (AvgIpc) is 2.44. The Labute approximate surface area is 135 Å². The second kappa shape index (κ2) is 7.28. The highest BCUT2D eigenvalue weighted by Crippen LogP contribution is 2.22. The number of rotatable bonds is 5. The van der Waals surface area contributed by atoms with Crippen molar-refractivity contribution in [3.8, 4) is 0 Å². The van der Waals surface area contributed by atoms with Gasteiger partial charge in [0.15, 0.2) is 0 Å². The van der Waals surface area contributed by atoms with E-state index in [-0.39, 0.29) is 0 Å². The molecule has 0 saturated carbocycles. The van der Waals surface area contributed by atoms with Gasteiger partial charge in [0.05, 0.1) is 0 Å². The number of benzene rings is 2. The highest BCUT2D eigenvalue weighted by atomic mass is 79.9. The molecule has 0 aromatic heterocycles. The Morgan fingerprint density at radius 3 is 2.10 bits per heavy atom. The summed E-state index contributed by atoms with van der Waals surface area (Å²) in [6, 6.07) is 15.0. The summed E-state index contributed by atoms with van der Waals surface area (Å²) in [6.45, 7) is 4.38. The van der Waals surface area contributed by atoms with Gasteiger partial charge in [0.25, 0.3) is 0 Å². The van der Waals surface area contributed by atoms with Crippen molar-refractivity contribution >= 4 is 27.5 Å². The standard InChI is InChI=1S/C18H20BrCl/c1-13-4-3-5-14(2)18(13)11-16(12-20)10-15-6-8-17(19)9-7-15/h3-9,16H,10-12H2,1-2H3. The van der Waals surface area contributed by atoms with Crippen LogP contribution in [0, 0.1) is 19.8 Å². The zero-order chi connectivity index (χ0) is 14.5. The molecule has 0 heterocycles. The Hall–Kier alpha value is -0.790. The van der Waals surface area contributed by atoms with Crippen LogP contribution < -0.4 is 0 Å². The van der Waals surface area contributed by atoms with Gasteiger partial charge in [-0.3, -0.25) is 0 Å². The van der Waals surface area contributed by atoms with E-state index in [9.17, 15) is 0 Å². The Morgan fingerprint density at radius 2 is 1.55 bits per heavy atom. The van der Waals surface area contributed by atoms with Crippen molar-refractivity contribution in [3.05, 3.63) is 69.2 Å². The number of hydrogen-bond acceptors (Lipinski definition) is 0. The summed E-state index contributed by atoms with van der Waals surface area (Å²) in [4.78, 5) is 0. The van der Waals surface area contributed by atoms with Crippen LogP contribution in [-0.4, -0.2) is 5.88 Å². The lowest BCUT2D eigenvalue weighted by Gasteiger charge is -2.17. The summed E-state index contributed by atoms with van der Waals surface area (Å²) >= 11 is 9.67. The molecule has 0 bridgehead atoms. The third-order valence-corrected chi connectivity index (χ3v) is 4.76. The number of halogens is 2. The third kappa shape index (κ3) is 4.10. The molecule has 0 spiro atoms. The van der Waals surface area contributed by atoms with E-state index in [0.717, 1.165) is 17.3 Å². The quantitative estimate of drug-likeness (QED) is 0.606. The molecule has 0 nitrogen and oxygen atoms in total. The smallest absolute Gasteiger partial charge is 0.0258 e. The van der Waals surface area contributed by atoms with Gasteiger partial charge in [-0.2, -0.15) is 0 Å². The van der Waals surface area contributed by atoms with Crippen molar-refractivity contribution in [3.63, 3.8) is 0 Å². The van der Waals surface area contributed by atoms with E-state index in [4.69, 9.17) is 11.6 Å². The molecule has 1 atom stereocenters. The Bertz CT molecular complexity index is 540. The van der Waals surface area contributed by atoms with Gasteiger partial charge in [0.1, 0.15) is 0 Å². The SMILES string of the molecule is Cc1cccc(C)c1CC(CCl)Cc1ccc(Br)cc1. The van der Waals surface area contributed by atoms with E-state index in [0.29, 0.717) is 11.8 Å². The number of hydrogen-bond donors (Lipinski definition) is 0. The second-order valence-electron chi connectivity index (χ2n) is 5.43. The minimum absolute atomic E-state index is 0.484. The maximum atomic E-state index is 6.19. The molecular formula is C18H20BrCl. The van der Waals surface area contributed by atoms with E-state index in [2.05, 4.69) is 72.2 Å². The van der Waals surface area contributed by atoms with Crippen LogP contribution in [0.4, 0.5) is 0 Å². The summed E-state index contributed by atoms with van der Waals surface area (Å²) < 4.78 is 1.12. The van der Waals surface area contributed by atoms with Crippen LogP contribution in [0.15, 0.2) is 46.9 Å². The first-order chi connectivity index (χ1) is 9.60. The predicted octanol–water partition coefficient (Wildman–Crippen LogP) is 5.71. The zero-order valence-electron chi connectivity index (χ0n) is 12.0. The highest BCUT2D eigenvalue weighted by molar-refractivity contribution is 9.10. The van der Waals surface area contributed by atoms with Gasteiger partial charge < -0.3 is 0 Å². The van der Waals surface area contributed by atoms with Gasteiger partial charge in [-0.05, 0) is 67.0 Å². The molecule has 0 aliphatic rings. The molecule has 2 heteroatoms. The van der Waals surface area contributed by atoms with Crippen LogP contribution in [0.2, 0.25) is 0 Å². The Morgan fingerprint density at radius 1 is 0.950 bits per heavy atom. The molecule has 2 aromatic rings. The van der Waals surface area contributed by atoms with Crippen LogP contribution in [-0.2, 0) is 12.8 Å². The maximum Gasteiger partial charge on any atom is 0.0258 e. The Balaban J connectivity index is 2.11. The van der Waals surface area contributed by atoms with Crippen LogP contribution in [0.1, 0.15) is 22.3 Å². The fourth-order valence-electron chi connectivity index (χ4n) is 2.59. The average molecular weight is 352 g/mol. The van der Waals surface area contributed by atoms with Gasteiger partial charge in [-0.15, -0.1) is 11.6 Å². The molecule has 0 N–H and O–H groups in total. The lowest BCUT2D eigenvalue weighted by atomic mass is 9.90. The first-order valence-corrected chi connectivity index (χ1v) is 8.28. The third-order valence-electron chi connectivity index (χ3n) is 3.79. The van der Waals surface area contributed by atoms with Crippen molar-refractivity contribution in [2.45, 2.75) is 26.7 Å². The number of alkyl halides is 1. The number of aryl methyl sites for hydroxylation is 2. The largest absolute Gasteiger partial charge is 0.126 e. The zero-order valence-corrected chi connectivity index (χ0v) is 14.3. The van der Waals surface area contributed by atoms with Crippen molar-refractivity contribution in [2.24, 2.45) is 5.92 Å². The molecule has 1 unspecified atom stereocenters. The molecule has 0 radical (unpaired) electrons. The minimum atomic E-state index is 0.484. The van der Waals surface area contributed by atoms with Crippen molar-refractivity contribution < 1.29 is 0 Å². The fourth-order valence-corrected chi connectivity index (χ4v) is 3.08. The fraction of sp³-hybridized carbons (Fsp3) is 0.333. The molecule has 2 aromatic carbocycles. The topological polar surface area (TPSA) is 0 Å². The van der Waals surface area contributed by atoms with Crippen molar-refractivity contribution in [1.82, 2.24) is 0 Å².